The highest BCUT2D eigenvalue weighted by Gasteiger charge is 2.34. The molecular weight excluding hydrogens is 333 g/mol. The molecule has 2 heterocycles. The van der Waals surface area contributed by atoms with E-state index in [1.807, 2.05) is 19.1 Å². The zero-order chi connectivity index (χ0) is 19.0. The van der Waals surface area contributed by atoms with Crippen molar-refractivity contribution >= 4 is 11.7 Å². The molecule has 1 amide bonds. The lowest BCUT2D eigenvalue weighted by molar-refractivity contribution is 0.0930. The number of nitrogens with zero attached hydrogens (tertiary/aromatic N) is 2. The number of allylic oxidation sites excluding steroid dienone is 4. The Hall–Kier alpha value is -2.54. The van der Waals surface area contributed by atoms with Crippen LogP contribution < -0.4 is 16.4 Å². The highest BCUT2D eigenvalue weighted by atomic mass is 19.1. The normalized spacial score (nSPS) is 21.4. The Kier molecular flexibility index (Phi) is 7.03. The molecule has 1 aliphatic rings. The summed E-state index contributed by atoms with van der Waals surface area (Å²) in [6.45, 7) is 7.29. The van der Waals surface area contributed by atoms with Gasteiger partial charge >= 0.3 is 0 Å². The van der Waals surface area contributed by atoms with Gasteiger partial charge in [-0.15, -0.1) is 0 Å². The van der Waals surface area contributed by atoms with Crippen LogP contribution in [0.3, 0.4) is 0 Å². The third-order valence-electron chi connectivity index (χ3n) is 4.59. The van der Waals surface area contributed by atoms with E-state index >= 15 is 0 Å². The zero-order valence-corrected chi connectivity index (χ0v) is 15.1. The maximum Gasteiger partial charge on any atom is 0.273 e. The molecule has 0 spiro atoms. The topological polar surface area (TPSA) is 92.9 Å². The van der Waals surface area contributed by atoms with Crippen LogP contribution in [0.25, 0.3) is 0 Å². The van der Waals surface area contributed by atoms with Gasteiger partial charge in [0.2, 0.25) is 0 Å². The standard InChI is InChI=1S/C19H26FN5O/c1-3-5-15(12-14(2)20)19(6-4-8-22-9-7-19)13-25-18(26)16-17(21)24-11-10-23-16/h3,5,10-12,22H,2,4,6-9,13H2,1H3,(H2,21,24)(H,25,26)/b5-3-,15-12+. The number of aromatic nitrogens is 2. The fourth-order valence-corrected chi connectivity index (χ4v) is 3.28. The molecule has 0 saturated carbocycles. The quantitative estimate of drug-likeness (QED) is 0.679. The first-order valence-corrected chi connectivity index (χ1v) is 8.73. The van der Waals surface area contributed by atoms with Gasteiger partial charge in [0.1, 0.15) is 5.83 Å². The number of amides is 1. The van der Waals surface area contributed by atoms with Crippen molar-refractivity contribution in [3.8, 4) is 0 Å². The van der Waals surface area contributed by atoms with Crippen LogP contribution in [0, 0.1) is 5.41 Å². The van der Waals surface area contributed by atoms with Crippen LogP contribution in [-0.4, -0.2) is 35.5 Å². The van der Waals surface area contributed by atoms with Crippen LogP contribution in [-0.2, 0) is 0 Å². The van der Waals surface area contributed by atoms with Gasteiger partial charge in [0.25, 0.3) is 5.91 Å². The summed E-state index contributed by atoms with van der Waals surface area (Å²) in [5, 5.41) is 6.27. The Bertz CT molecular complexity index is 706. The molecule has 7 heteroatoms. The molecule has 1 fully saturated rings. The van der Waals surface area contributed by atoms with Crippen LogP contribution in [0.5, 0.6) is 0 Å². The monoisotopic (exact) mass is 359 g/mol. The molecular formula is C19H26FN5O. The summed E-state index contributed by atoms with van der Waals surface area (Å²) in [5.74, 6) is -0.798. The minimum Gasteiger partial charge on any atom is -0.382 e. The van der Waals surface area contributed by atoms with E-state index in [9.17, 15) is 9.18 Å². The van der Waals surface area contributed by atoms with E-state index in [1.54, 1.807) is 0 Å². The molecule has 0 radical (unpaired) electrons. The van der Waals surface area contributed by atoms with Gasteiger partial charge in [-0.05, 0) is 50.9 Å². The molecule has 0 aliphatic carbocycles. The molecule has 2 rings (SSSR count). The van der Waals surface area contributed by atoms with Crippen LogP contribution in [0.2, 0.25) is 0 Å². The minimum absolute atomic E-state index is 0.0861. The summed E-state index contributed by atoms with van der Waals surface area (Å²) in [7, 11) is 0. The molecule has 26 heavy (non-hydrogen) atoms. The third-order valence-corrected chi connectivity index (χ3v) is 4.59. The molecule has 0 bridgehead atoms. The van der Waals surface area contributed by atoms with Crippen LogP contribution in [0.4, 0.5) is 10.2 Å². The van der Waals surface area contributed by atoms with Crippen molar-refractivity contribution in [1.82, 2.24) is 20.6 Å². The SMILES string of the molecule is C=C(F)/C=C(\C=C/C)C1(CNC(=O)c2nccnc2N)CCCNCC1. The largest absolute Gasteiger partial charge is 0.382 e. The van der Waals surface area contributed by atoms with E-state index in [-0.39, 0.29) is 17.4 Å². The first-order valence-electron chi connectivity index (χ1n) is 8.73. The molecule has 1 aromatic heterocycles. The first kappa shape index (κ1) is 19.8. The number of carbonyl (C=O) groups excluding carboxylic acids is 1. The third kappa shape index (κ3) is 4.98. The number of hydrogen-bond acceptors (Lipinski definition) is 5. The summed E-state index contributed by atoms with van der Waals surface area (Å²) in [5.41, 5.74) is 6.26. The highest BCUT2D eigenvalue weighted by Crippen LogP contribution is 2.38. The predicted octanol–water partition coefficient (Wildman–Crippen LogP) is 2.53. The van der Waals surface area contributed by atoms with Crippen LogP contribution in [0.1, 0.15) is 36.7 Å². The number of nitrogens with one attached hydrogen (secondary N) is 2. The van der Waals surface area contributed by atoms with E-state index < -0.39 is 11.2 Å². The number of anilines is 1. The smallest absolute Gasteiger partial charge is 0.273 e. The number of nitrogens with two attached hydrogens (primary N) is 1. The summed E-state index contributed by atoms with van der Waals surface area (Å²) in [6.07, 6.45) is 10.6. The van der Waals surface area contributed by atoms with Crippen molar-refractivity contribution in [2.75, 3.05) is 25.4 Å². The van der Waals surface area contributed by atoms with Gasteiger partial charge in [-0.3, -0.25) is 4.79 Å². The van der Waals surface area contributed by atoms with Crippen molar-refractivity contribution < 1.29 is 9.18 Å². The molecule has 4 N–H and O–H groups in total. The van der Waals surface area contributed by atoms with Crippen molar-refractivity contribution in [3.63, 3.8) is 0 Å². The summed E-state index contributed by atoms with van der Waals surface area (Å²) < 4.78 is 13.6. The average molecular weight is 359 g/mol. The average Bonchev–Trinajstić information content (AvgIpc) is 2.86. The molecule has 1 unspecified atom stereocenters. The van der Waals surface area contributed by atoms with Gasteiger partial charge in [0, 0.05) is 24.4 Å². The Morgan fingerprint density at radius 2 is 2.19 bits per heavy atom. The fourth-order valence-electron chi connectivity index (χ4n) is 3.28. The van der Waals surface area contributed by atoms with Gasteiger partial charge < -0.3 is 16.4 Å². The maximum atomic E-state index is 13.6. The van der Waals surface area contributed by atoms with Crippen molar-refractivity contribution in [3.05, 3.63) is 54.3 Å². The maximum absolute atomic E-state index is 13.6. The van der Waals surface area contributed by atoms with Gasteiger partial charge in [-0.1, -0.05) is 18.7 Å². The Balaban J connectivity index is 2.28. The lowest BCUT2D eigenvalue weighted by Crippen LogP contribution is -2.40. The van der Waals surface area contributed by atoms with Crippen LogP contribution >= 0.6 is 0 Å². The summed E-state index contributed by atoms with van der Waals surface area (Å²) in [4.78, 5) is 20.4. The van der Waals surface area contributed by atoms with Gasteiger partial charge in [-0.2, -0.15) is 0 Å². The Morgan fingerprint density at radius 3 is 2.88 bits per heavy atom. The molecule has 6 nitrogen and oxygen atoms in total. The number of carbonyl (C=O) groups is 1. The second-order valence-electron chi connectivity index (χ2n) is 6.40. The molecule has 1 atom stereocenters. The van der Waals surface area contributed by atoms with E-state index in [1.165, 1.54) is 18.5 Å². The van der Waals surface area contributed by atoms with Gasteiger partial charge in [0.05, 0.1) is 0 Å². The van der Waals surface area contributed by atoms with Gasteiger partial charge in [-0.25, -0.2) is 14.4 Å². The first-order chi connectivity index (χ1) is 12.5. The molecule has 140 valence electrons. The molecule has 1 saturated heterocycles. The number of nitrogen functional groups attached to an aromatic ring is 1. The number of rotatable bonds is 6. The second-order valence-corrected chi connectivity index (χ2v) is 6.40. The summed E-state index contributed by atoms with van der Waals surface area (Å²) >= 11 is 0. The van der Waals surface area contributed by atoms with Crippen molar-refractivity contribution in [2.45, 2.75) is 26.2 Å². The predicted molar refractivity (Wildman–Crippen MR) is 101 cm³/mol. The zero-order valence-electron chi connectivity index (χ0n) is 15.1. The Morgan fingerprint density at radius 1 is 1.42 bits per heavy atom. The lowest BCUT2D eigenvalue weighted by Gasteiger charge is -2.34. The second kappa shape index (κ2) is 9.24. The minimum atomic E-state index is -0.501. The van der Waals surface area contributed by atoms with E-state index in [2.05, 4.69) is 27.2 Å². The Labute approximate surface area is 153 Å². The molecule has 0 aromatic carbocycles. The summed E-state index contributed by atoms with van der Waals surface area (Å²) in [6, 6.07) is 0. The fraction of sp³-hybridized carbons (Fsp3) is 0.421. The van der Waals surface area contributed by atoms with Gasteiger partial charge in [0.15, 0.2) is 11.5 Å². The van der Waals surface area contributed by atoms with E-state index in [0.717, 1.165) is 37.9 Å². The number of halogens is 1. The number of hydrogen-bond donors (Lipinski definition) is 3. The molecule has 1 aromatic rings. The van der Waals surface area contributed by atoms with Crippen molar-refractivity contribution in [2.24, 2.45) is 5.41 Å². The molecule has 1 aliphatic heterocycles. The highest BCUT2D eigenvalue weighted by molar-refractivity contribution is 5.96. The van der Waals surface area contributed by atoms with Crippen LogP contribution in [0.15, 0.2) is 48.6 Å². The van der Waals surface area contributed by atoms with E-state index in [0.29, 0.717) is 6.54 Å². The lowest BCUT2D eigenvalue weighted by atomic mass is 9.73. The van der Waals surface area contributed by atoms with E-state index in [4.69, 9.17) is 5.73 Å². The van der Waals surface area contributed by atoms with Crippen molar-refractivity contribution in [1.29, 1.82) is 0 Å².